The highest BCUT2D eigenvalue weighted by molar-refractivity contribution is 5.94. The van der Waals surface area contributed by atoms with E-state index in [1.807, 2.05) is 0 Å². The Kier molecular flexibility index (Phi) is 6.44. The normalized spacial score (nSPS) is 26.4. The van der Waals surface area contributed by atoms with Crippen LogP contribution in [0.4, 0.5) is 5.82 Å². The van der Waals surface area contributed by atoms with E-state index in [2.05, 4.69) is 37.3 Å². The molecule has 1 aromatic rings. The SMILES string of the molecule is C=C1CCC(N(O)c2ccc(C(=O)NCCO)cn2)C(=C)CCC2C1CC2(C)C. The van der Waals surface area contributed by atoms with E-state index in [4.69, 9.17) is 5.11 Å². The first-order chi connectivity index (χ1) is 13.7. The molecule has 158 valence electrons. The monoisotopic (exact) mass is 399 g/mol. The van der Waals surface area contributed by atoms with Crippen LogP contribution in [0.15, 0.2) is 42.6 Å². The van der Waals surface area contributed by atoms with E-state index in [0.717, 1.165) is 31.3 Å². The van der Waals surface area contributed by atoms with Gasteiger partial charge in [-0.1, -0.05) is 38.2 Å². The second-order valence-corrected chi connectivity index (χ2v) is 9.04. The van der Waals surface area contributed by atoms with Crippen LogP contribution in [-0.4, -0.2) is 40.4 Å². The molecule has 3 atom stereocenters. The second kappa shape index (κ2) is 8.67. The van der Waals surface area contributed by atoms with Gasteiger partial charge in [0.1, 0.15) is 0 Å². The quantitative estimate of drug-likeness (QED) is 0.519. The number of hydrogen-bond acceptors (Lipinski definition) is 5. The van der Waals surface area contributed by atoms with E-state index in [9.17, 15) is 10.0 Å². The minimum atomic E-state index is -0.302. The van der Waals surface area contributed by atoms with Gasteiger partial charge in [-0.25, -0.2) is 10.0 Å². The number of nitrogens with zero attached hydrogens (tertiary/aromatic N) is 2. The number of nitrogens with one attached hydrogen (secondary N) is 1. The predicted octanol–water partition coefficient (Wildman–Crippen LogP) is 3.72. The van der Waals surface area contributed by atoms with Gasteiger partial charge in [-0.3, -0.25) is 10.0 Å². The molecule has 0 saturated heterocycles. The number of anilines is 1. The molecule has 2 aliphatic rings. The lowest BCUT2D eigenvalue weighted by atomic mass is 9.52. The Bertz CT molecular complexity index is 772. The summed E-state index contributed by atoms with van der Waals surface area (Å²) in [6, 6.07) is 3.03. The van der Waals surface area contributed by atoms with Crippen LogP contribution < -0.4 is 10.4 Å². The number of hydrogen-bond donors (Lipinski definition) is 3. The molecule has 2 saturated carbocycles. The number of aromatic nitrogens is 1. The van der Waals surface area contributed by atoms with Gasteiger partial charge in [-0.05, 0) is 61.5 Å². The molecule has 3 unspecified atom stereocenters. The zero-order valence-corrected chi connectivity index (χ0v) is 17.5. The summed E-state index contributed by atoms with van der Waals surface area (Å²) in [4.78, 5) is 16.2. The van der Waals surface area contributed by atoms with Crippen molar-refractivity contribution in [2.45, 2.75) is 52.0 Å². The van der Waals surface area contributed by atoms with E-state index >= 15 is 0 Å². The van der Waals surface area contributed by atoms with Crippen LogP contribution in [0.1, 0.15) is 56.3 Å². The van der Waals surface area contributed by atoms with Gasteiger partial charge in [-0.2, -0.15) is 0 Å². The van der Waals surface area contributed by atoms with Crippen molar-refractivity contribution in [1.82, 2.24) is 10.3 Å². The van der Waals surface area contributed by atoms with Gasteiger partial charge < -0.3 is 10.4 Å². The lowest BCUT2D eigenvalue weighted by Gasteiger charge is -2.53. The number of amides is 1. The molecule has 3 rings (SSSR count). The maximum absolute atomic E-state index is 12.0. The van der Waals surface area contributed by atoms with E-state index in [-0.39, 0.29) is 25.1 Å². The third-order valence-electron chi connectivity index (χ3n) is 6.68. The number of rotatable bonds is 5. The van der Waals surface area contributed by atoms with Gasteiger partial charge in [0.05, 0.1) is 18.2 Å². The fourth-order valence-corrected chi connectivity index (χ4v) is 4.87. The Morgan fingerprint density at radius 2 is 2.00 bits per heavy atom. The number of allylic oxidation sites excluding steroid dienone is 1. The van der Waals surface area contributed by atoms with Gasteiger partial charge in [0.25, 0.3) is 5.91 Å². The van der Waals surface area contributed by atoms with E-state index in [1.165, 1.54) is 23.3 Å². The van der Waals surface area contributed by atoms with Crippen molar-refractivity contribution < 1.29 is 15.1 Å². The molecular formula is C23H33N3O3. The summed E-state index contributed by atoms with van der Waals surface area (Å²) in [5.74, 6) is 1.30. The van der Waals surface area contributed by atoms with E-state index in [0.29, 0.717) is 28.6 Å². The van der Waals surface area contributed by atoms with Crippen molar-refractivity contribution in [3.05, 3.63) is 48.2 Å². The van der Waals surface area contributed by atoms with Crippen molar-refractivity contribution in [3.63, 3.8) is 0 Å². The first kappa shape index (κ1) is 21.5. The molecule has 1 heterocycles. The second-order valence-electron chi connectivity index (χ2n) is 9.04. The largest absolute Gasteiger partial charge is 0.395 e. The summed E-state index contributed by atoms with van der Waals surface area (Å²) in [5, 5.41) is 23.5. The Labute approximate surface area is 173 Å². The number of pyridine rings is 1. The van der Waals surface area contributed by atoms with Gasteiger partial charge >= 0.3 is 0 Å². The molecule has 0 aromatic carbocycles. The van der Waals surface area contributed by atoms with Crippen LogP contribution in [-0.2, 0) is 0 Å². The van der Waals surface area contributed by atoms with Gasteiger partial charge in [0.15, 0.2) is 5.82 Å². The molecule has 6 heteroatoms. The van der Waals surface area contributed by atoms with Gasteiger partial charge in [0.2, 0.25) is 0 Å². The third-order valence-corrected chi connectivity index (χ3v) is 6.68. The number of aliphatic hydroxyl groups excluding tert-OH is 1. The predicted molar refractivity (Wildman–Crippen MR) is 114 cm³/mol. The zero-order valence-electron chi connectivity index (χ0n) is 17.5. The number of carbonyl (C=O) groups excluding carboxylic acids is 1. The smallest absolute Gasteiger partial charge is 0.252 e. The van der Waals surface area contributed by atoms with Crippen LogP contribution >= 0.6 is 0 Å². The molecule has 0 bridgehead atoms. The van der Waals surface area contributed by atoms with Crippen molar-refractivity contribution in [2.75, 3.05) is 18.2 Å². The summed E-state index contributed by atoms with van der Waals surface area (Å²) in [6.45, 7) is 13.4. The molecule has 0 spiro atoms. The Morgan fingerprint density at radius 3 is 2.62 bits per heavy atom. The molecule has 29 heavy (non-hydrogen) atoms. The van der Waals surface area contributed by atoms with Crippen molar-refractivity contribution in [1.29, 1.82) is 0 Å². The molecule has 3 N–H and O–H groups in total. The standard InChI is InChI=1S/C23H33N3O3/c1-15-6-9-20(16(2)5-8-19-18(15)13-23(19,3)4)26(29)21-10-7-17(14-25-21)22(28)24-11-12-27/h7,10,14,18-20,27,29H,1-2,5-6,8-9,11-13H2,3-4H3,(H,24,28). The third kappa shape index (κ3) is 4.54. The molecule has 2 aliphatic carbocycles. The van der Waals surface area contributed by atoms with Gasteiger partial charge in [-0.15, -0.1) is 0 Å². The molecule has 1 aromatic heterocycles. The van der Waals surface area contributed by atoms with Crippen LogP contribution in [0.3, 0.4) is 0 Å². The molecule has 0 radical (unpaired) electrons. The van der Waals surface area contributed by atoms with Crippen LogP contribution in [0.5, 0.6) is 0 Å². The maximum Gasteiger partial charge on any atom is 0.252 e. The fraction of sp³-hybridized carbons (Fsp3) is 0.565. The summed E-state index contributed by atoms with van der Waals surface area (Å²) in [7, 11) is 0. The first-order valence-corrected chi connectivity index (χ1v) is 10.4. The topological polar surface area (TPSA) is 85.7 Å². The lowest BCUT2D eigenvalue weighted by molar-refractivity contribution is 0.00411. The van der Waals surface area contributed by atoms with Gasteiger partial charge in [0, 0.05) is 12.7 Å². The number of fused-ring (bicyclic) bond motifs is 1. The minimum absolute atomic E-state index is 0.115. The maximum atomic E-state index is 12.0. The Hall–Kier alpha value is -2.18. The van der Waals surface area contributed by atoms with Crippen LogP contribution in [0, 0.1) is 17.3 Å². The van der Waals surface area contributed by atoms with Crippen molar-refractivity contribution in [2.24, 2.45) is 17.3 Å². The minimum Gasteiger partial charge on any atom is -0.395 e. The average molecular weight is 400 g/mol. The van der Waals surface area contributed by atoms with E-state index in [1.54, 1.807) is 12.1 Å². The van der Waals surface area contributed by atoms with Crippen LogP contribution in [0.2, 0.25) is 0 Å². The molecule has 6 nitrogen and oxygen atoms in total. The highest BCUT2D eigenvalue weighted by Gasteiger charge is 2.48. The number of carbonyl (C=O) groups is 1. The zero-order chi connectivity index (χ0) is 21.2. The number of hydroxylamine groups is 1. The average Bonchev–Trinajstić information content (AvgIpc) is 2.74. The first-order valence-electron chi connectivity index (χ1n) is 10.4. The summed E-state index contributed by atoms with van der Waals surface area (Å²) >= 11 is 0. The van der Waals surface area contributed by atoms with Crippen LogP contribution in [0.25, 0.3) is 0 Å². The highest BCUT2D eigenvalue weighted by atomic mass is 16.5. The summed E-state index contributed by atoms with van der Waals surface area (Å²) < 4.78 is 0. The molecule has 2 fully saturated rings. The van der Waals surface area contributed by atoms with Crippen molar-refractivity contribution in [3.8, 4) is 0 Å². The lowest BCUT2D eigenvalue weighted by Crippen LogP contribution is -2.44. The number of aliphatic hydroxyl groups is 1. The Morgan fingerprint density at radius 1 is 1.28 bits per heavy atom. The molecular weight excluding hydrogens is 366 g/mol. The summed E-state index contributed by atoms with van der Waals surface area (Å²) in [6.07, 6.45) is 6.18. The fourth-order valence-electron chi connectivity index (χ4n) is 4.87. The highest BCUT2D eigenvalue weighted by Crippen LogP contribution is 2.56. The molecule has 1 amide bonds. The summed E-state index contributed by atoms with van der Waals surface area (Å²) in [5.41, 5.74) is 3.03. The van der Waals surface area contributed by atoms with E-state index < -0.39 is 0 Å². The Balaban J connectivity index is 1.70. The molecule has 0 aliphatic heterocycles. The van der Waals surface area contributed by atoms with Crippen molar-refractivity contribution >= 4 is 11.7 Å².